The van der Waals surface area contributed by atoms with Crippen LogP contribution in [0.1, 0.15) is 23.5 Å². The second-order valence-electron chi connectivity index (χ2n) is 6.75. The SMILES string of the molecule is COCCn1cccc1[C@H]1[C@H](c2ccccn2)NC(=S)N1c1cc(Cl)ccc1O. The molecule has 1 aliphatic heterocycles. The Bertz CT molecular complexity index is 1010. The predicted molar refractivity (Wildman–Crippen MR) is 117 cm³/mol. The molecule has 0 spiro atoms. The Morgan fingerprint density at radius 3 is 2.86 bits per heavy atom. The molecular formula is C21H21ClN4O2S. The third-order valence-corrected chi connectivity index (χ3v) is 5.55. The summed E-state index contributed by atoms with van der Waals surface area (Å²) >= 11 is 11.9. The van der Waals surface area contributed by atoms with Gasteiger partial charge in [-0.25, -0.2) is 0 Å². The molecule has 2 aromatic heterocycles. The van der Waals surface area contributed by atoms with E-state index in [1.165, 1.54) is 0 Å². The molecule has 0 aliphatic carbocycles. The molecule has 1 aliphatic rings. The van der Waals surface area contributed by atoms with Crippen molar-refractivity contribution in [1.82, 2.24) is 14.9 Å². The molecule has 0 bridgehead atoms. The van der Waals surface area contributed by atoms with Crippen LogP contribution in [0.4, 0.5) is 5.69 Å². The third kappa shape index (κ3) is 3.81. The summed E-state index contributed by atoms with van der Waals surface area (Å²) in [6.45, 7) is 1.29. The van der Waals surface area contributed by atoms with Gasteiger partial charge in [-0.1, -0.05) is 17.7 Å². The Balaban J connectivity index is 1.84. The minimum Gasteiger partial charge on any atom is -0.506 e. The molecule has 1 aromatic carbocycles. The van der Waals surface area contributed by atoms with Gasteiger partial charge in [-0.3, -0.25) is 4.98 Å². The van der Waals surface area contributed by atoms with Crippen molar-refractivity contribution in [3.8, 4) is 5.75 Å². The van der Waals surface area contributed by atoms with Crippen molar-refractivity contribution in [3.05, 3.63) is 77.3 Å². The number of ether oxygens (including phenoxy) is 1. The largest absolute Gasteiger partial charge is 0.506 e. The molecule has 3 aromatic rings. The lowest BCUT2D eigenvalue weighted by Gasteiger charge is -2.29. The van der Waals surface area contributed by atoms with Crippen LogP contribution in [0.3, 0.4) is 0 Å². The highest BCUT2D eigenvalue weighted by Crippen LogP contribution is 2.44. The van der Waals surface area contributed by atoms with Gasteiger partial charge in [-0.2, -0.15) is 0 Å². The van der Waals surface area contributed by atoms with E-state index in [1.54, 1.807) is 31.5 Å². The normalized spacial score (nSPS) is 18.8. The predicted octanol–water partition coefficient (Wildman–Crippen LogP) is 4.07. The molecule has 0 saturated carbocycles. The zero-order chi connectivity index (χ0) is 20.4. The molecule has 0 radical (unpaired) electrons. The van der Waals surface area contributed by atoms with Gasteiger partial charge in [-0.15, -0.1) is 0 Å². The summed E-state index contributed by atoms with van der Waals surface area (Å²) in [7, 11) is 1.68. The van der Waals surface area contributed by atoms with E-state index in [0.717, 1.165) is 11.4 Å². The quantitative estimate of drug-likeness (QED) is 0.577. The van der Waals surface area contributed by atoms with Crippen LogP contribution < -0.4 is 10.2 Å². The van der Waals surface area contributed by atoms with E-state index in [-0.39, 0.29) is 17.8 Å². The number of benzene rings is 1. The van der Waals surface area contributed by atoms with Gasteiger partial charge in [0.2, 0.25) is 0 Å². The van der Waals surface area contributed by atoms with Gasteiger partial charge in [-0.05, 0) is 54.7 Å². The van der Waals surface area contributed by atoms with Gasteiger partial charge in [0.05, 0.1) is 24.0 Å². The Hall–Kier alpha value is -2.61. The van der Waals surface area contributed by atoms with Crippen LogP contribution >= 0.6 is 23.8 Å². The van der Waals surface area contributed by atoms with Crippen LogP contribution in [0.25, 0.3) is 0 Å². The maximum absolute atomic E-state index is 10.6. The van der Waals surface area contributed by atoms with E-state index >= 15 is 0 Å². The van der Waals surface area contributed by atoms with Crippen molar-refractivity contribution >= 4 is 34.6 Å². The van der Waals surface area contributed by atoms with Crippen molar-refractivity contribution in [3.63, 3.8) is 0 Å². The number of nitrogens with zero attached hydrogens (tertiary/aromatic N) is 3. The first-order valence-corrected chi connectivity index (χ1v) is 10.0. The number of pyridine rings is 1. The number of phenols is 1. The molecule has 150 valence electrons. The highest BCUT2D eigenvalue weighted by molar-refractivity contribution is 7.80. The van der Waals surface area contributed by atoms with Crippen molar-refractivity contribution in [2.75, 3.05) is 18.6 Å². The van der Waals surface area contributed by atoms with Crippen molar-refractivity contribution in [2.45, 2.75) is 18.6 Å². The topological polar surface area (TPSA) is 62.5 Å². The number of rotatable bonds is 6. The van der Waals surface area contributed by atoms with E-state index < -0.39 is 0 Å². The standard InChI is InChI=1S/C21H21ClN4O2S/c1-28-12-11-25-10-4-6-16(25)20-19(15-5-2-3-9-23-15)24-21(29)26(20)17-13-14(22)7-8-18(17)27/h2-10,13,19-20,27H,11-12H2,1H3,(H,24,29)/t19-,20-/m0/s1. The first-order valence-electron chi connectivity index (χ1n) is 9.23. The number of thiocarbonyl (C=S) groups is 1. The van der Waals surface area contributed by atoms with Crippen LogP contribution in [0, 0.1) is 0 Å². The highest BCUT2D eigenvalue weighted by atomic mass is 35.5. The van der Waals surface area contributed by atoms with E-state index in [4.69, 9.17) is 28.6 Å². The van der Waals surface area contributed by atoms with Gasteiger partial charge in [0.15, 0.2) is 5.11 Å². The minimum atomic E-state index is -0.228. The Kier molecular flexibility index (Phi) is 5.71. The molecule has 4 rings (SSSR count). The monoisotopic (exact) mass is 428 g/mol. The Morgan fingerprint density at radius 2 is 2.10 bits per heavy atom. The van der Waals surface area contributed by atoms with Gasteiger partial charge >= 0.3 is 0 Å². The molecule has 29 heavy (non-hydrogen) atoms. The molecule has 6 nitrogen and oxygen atoms in total. The van der Waals surface area contributed by atoms with Gasteiger partial charge in [0, 0.05) is 36.8 Å². The number of hydrogen-bond acceptors (Lipinski definition) is 4. The first kappa shape index (κ1) is 19.7. The van der Waals surface area contributed by atoms with Crippen LogP contribution in [0.5, 0.6) is 5.75 Å². The van der Waals surface area contributed by atoms with Crippen LogP contribution in [-0.2, 0) is 11.3 Å². The molecule has 0 unspecified atom stereocenters. The maximum atomic E-state index is 10.6. The Morgan fingerprint density at radius 1 is 1.24 bits per heavy atom. The lowest BCUT2D eigenvalue weighted by molar-refractivity contribution is 0.186. The molecular weight excluding hydrogens is 408 g/mol. The fourth-order valence-electron chi connectivity index (χ4n) is 3.69. The fourth-order valence-corrected chi connectivity index (χ4v) is 4.20. The summed E-state index contributed by atoms with van der Waals surface area (Å²) in [5.74, 6) is 0.111. The van der Waals surface area contributed by atoms with E-state index in [1.807, 2.05) is 35.4 Å². The van der Waals surface area contributed by atoms with E-state index in [9.17, 15) is 5.11 Å². The molecule has 8 heteroatoms. The van der Waals surface area contributed by atoms with Crippen LogP contribution in [0.15, 0.2) is 60.9 Å². The highest BCUT2D eigenvalue weighted by Gasteiger charge is 2.42. The van der Waals surface area contributed by atoms with E-state index in [2.05, 4.69) is 20.9 Å². The molecule has 1 saturated heterocycles. The first-order chi connectivity index (χ1) is 14.1. The van der Waals surface area contributed by atoms with Crippen molar-refractivity contribution < 1.29 is 9.84 Å². The lowest BCUT2D eigenvalue weighted by Crippen LogP contribution is -2.30. The summed E-state index contributed by atoms with van der Waals surface area (Å²) in [5, 5.41) is 15.0. The number of phenolic OH excluding ortho intramolecular Hbond substituents is 1. The van der Waals surface area contributed by atoms with E-state index in [0.29, 0.717) is 29.0 Å². The molecule has 2 atom stereocenters. The second kappa shape index (κ2) is 8.41. The lowest BCUT2D eigenvalue weighted by atomic mass is 10.0. The third-order valence-electron chi connectivity index (χ3n) is 5.00. The maximum Gasteiger partial charge on any atom is 0.174 e. The van der Waals surface area contributed by atoms with Crippen LogP contribution in [0.2, 0.25) is 5.02 Å². The summed E-state index contributed by atoms with van der Waals surface area (Å²) in [6.07, 6.45) is 3.78. The summed E-state index contributed by atoms with van der Waals surface area (Å²) < 4.78 is 7.40. The van der Waals surface area contributed by atoms with Crippen LogP contribution in [-0.4, -0.2) is 33.5 Å². The zero-order valence-corrected chi connectivity index (χ0v) is 17.4. The molecule has 3 heterocycles. The van der Waals surface area contributed by atoms with Gasteiger partial charge in [0.25, 0.3) is 0 Å². The van der Waals surface area contributed by atoms with Gasteiger partial charge in [0.1, 0.15) is 11.8 Å². The smallest absolute Gasteiger partial charge is 0.174 e. The number of aromatic hydroxyl groups is 1. The molecule has 2 N–H and O–H groups in total. The number of aromatic nitrogens is 2. The average Bonchev–Trinajstić information content (AvgIpc) is 3.32. The van der Waals surface area contributed by atoms with Crippen molar-refractivity contribution in [1.29, 1.82) is 0 Å². The molecule has 0 amide bonds. The average molecular weight is 429 g/mol. The van der Waals surface area contributed by atoms with Gasteiger partial charge < -0.3 is 24.6 Å². The minimum absolute atomic E-state index is 0.111. The number of hydrogen-bond donors (Lipinski definition) is 2. The number of anilines is 1. The molecule has 1 fully saturated rings. The summed E-state index contributed by atoms with van der Waals surface area (Å²) in [6, 6.07) is 14.4. The number of nitrogens with one attached hydrogen (secondary N) is 1. The summed E-state index contributed by atoms with van der Waals surface area (Å²) in [4.78, 5) is 6.46. The Labute approximate surface area is 179 Å². The summed E-state index contributed by atoms with van der Waals surface area (Å²) in [5.41, 5.74) is 2.45. The number of methoxy groups -OCH3 is 1. The van der Waals surface area contributed by atoms with Crippen molar-refractivity contribution in [2.24, 2.45) is 0 Å². The fraction of sp³-hybridized carbons (Fsp3) is 0.238. The second-order valence-corrected chi connectivity index (χ2v) is 7.57. The number of halogens is 1. The zero-order valence-electron chi connectivity index (χ0n) is 15.8.